The number of nitrogens with zero attached hydrogens (tertiary/aromatic N) is 2. The van der Waals surface area contributed by atoms with Gasteiger partial charge in [-0.1, -0.05) is 6.20 Å². The Bertz CT molecular complexity index is 392. The Labute approximate surface area is 103 Å². The molecule has 2 rings (SSSR count). The third-order valence-corrected chi connectivity index (χ3v) is 1.99. The van der Waals surface area contributed by atoms with Crippen LogP contribution in [0.15, 0.2) is 24.7 Å². The van der Waals surface area contributed by atoms with Crippen molar-refractivity contribution < 1.29 is 32.7 Å². The summed E-state index contributed by atoms with van der Waals surface area (Å²) >= 11 is 0. The summed E-state index contributed by atoms with van der Waals surface area (Å²) in [6.07, 6.45) is 5.66. The van der Waals surface area contributed by atoms with Crippen LogP contribution in [0.5, 0.6) is 0 Å². The number of hydrogen-bond acceptors (Lipinski definition) is 1. The van der Waals surface area contributed by atoms with Crippen LogP contribution < -0.4 is 0 Å². The summed E-state index contributed by atoms with van der Waals surface area (Å²) in [4.78, 5) is 4.09. The molecule has 0 fully saturated rings. The van der Waals surface area contributed by atoms with Gasteiger partial charge in [-0.15, -0.1) is 6.07 Å². The monoisotopic (exact) mass is 248 g/mol. The van der Waals surface area contributed by atoms with E-state index in [1.165, 1.54) is 0 Å². The molecule has 0 saturated heterocycles. The minimum atomic E-state index is 0. The molecule has 2 aromatic rings. The molecular weight excluding hydrogens is 237 g/mol. The largest absolute Gasteiger partial charge is 0.407 e. The Kier molecular flexibility index (Phi) is 3.63. The van der Waals surface area contributed by atoms with Crippen molar-refractivity contribution in [2.45, 2.75) is 19.9 Å². The molecule has 0 saturated carbocycles. The molecule has 65 valence electrons. The molecule has 0 spiro atoms. The smallest absolute Gasteiger partial charge is 0.0151 e. The van der Waals surface area contributed by atoms with E-state index in [0.717, 1.165) is 10.9 Å². The van der Waals surface area contributed by atoms with Gasteiger partial charge in [0.05, 0.1) is 0 Å². The van der Waals surface area contributed by atoms with Crippen molar-refractivity contribution >= 4 is 10.9 Å². The summed E-state index contributed by atoms with van der Waals surface area (Å²) in [5.74, 6) is 0. The van der Waals surface area contributed by atoms with Gasteiger partial charge in [0.1, 0.15) is 0 Å². The van der Waals surface area contributed by atoms with Crippen molar-refractivity contribution in [3.8, 4) is 0 Å². The predicted octanol–water partition coefficient (Wildman–Crippen LogP) is 2.41. The molecule has 0 bridgehead atoms. The number of rotatable bonds is 1. The van der Waals surface area contributed by atoms with Crippen molar-refractivity contribution in [3.05, 3.63) is 30.7 Å². The molecule has 0 aliphatic rings. The minimum absolute atomic E-state index is 0. The van der Waals surface area contributed by atoms with E-state index in [1.54, 1.807) is 6.20 Å². The molecule has 0 N–H and O–H groups in total. The van der Waals surface area contributed by atoms with E-state index in [2.05, 4.69) is 29.5 Å². The van der Waals surface area contributed by atoms with Crippen molar-refractivity contribution in [3.63, 3.8) is 0 Å². The normalized spacial score (nSPS) is 10.4. The predicted molar refractivity (Wildman–Crippen MR) is 49.0 cm³/mol. The maximum Gasteiger partial charge on any atom is 0.0151 e. The minimum Gasteiger partial charge on any atom is -0.407 e. The first-order chi connectivity index (χ1) is 5.79. The Morgan fingerprint density at radius 2 is 2.23 bits per heavy atom. The van der Waals surface area contributed by atoms with Crippen LogP contribution in [0.4, 0.5) is 0 Å². The van der Waals surface area contributed by atoms with Crippen molar-refractivity contribution in [2.75, 3.05) is 0 Å². The zero-order valence-electron chi connectivity index (χ0n) is 7.86. The molecule has 0 atom stereocenters. The summed E-state index contributed by atoms with van der Waals surface area (Å²) in [5, 5.41) is 1.14. The first-order valence-electron chi connectivity index (χ1n) is 4.11. The molecule has 13 heavy (non-hydrogen) atoms. The second-order valence-electron chi connectivity index (χ2n) is 3.17. The first kappa shape index (κ1) is 10.9. The quantitative estimate of drug-likeness (QED) is 0.708. The molecular formula is C10H11N2Y-. The van der Waals surface area contributed by atoms with Crippen LogP contribution in [0, 0.1) is 6.07 Å². The van der Waals surface area contributed by atoms with Crippen LogP contribution in [-0.2, 0) is 32.7 Å². The summed E-state index contributed by atoms with van der Waals surface area (Å²) in [6.45, 7) is 4.31. The molecule has 0 amide bonds. The standard InChI is InChI=1S/C10H11N2.Y/c1-8(2)12-6-4-9-3-5-11-7-10(9)12;/h3,5-8H,1-2H3;/q-1;. The summed E-state index contributed by atoms with van der Waals surface area (Å²) in [5.41, 5.74) is 1.16. The number of aromatic nitrogens is 2. The Morgan fingerprint density at radius 3 is 2.92 bits per heavy atom. The van der Waals surface area contributed by atoms with Crippen LogP contribution >= 0.6 is 0 Å². The van der Waals surface area contributed by atoms with Crippen LogP contribution in [-0.4, -0.2) is 9.55 Å². The zero-order chi connectivity index (χ0) is 8.55. The molecule has 0 aliphatic heterocycles. The van der Waals surface area contributed by atoms with E-state index < -0.39 is 0 Å². The van der Waals surface area contributed by atoms with Gasteiger partial charge in [0.25, 0.3) is 0 Å². The molecule has 3 heteroatoms. The van der Waals surface area contributed by atoms with Crippen LogP contribution in [0.1, 0.15) is 19.9 Å². The van der Waals surface area contributed by atoms with E-state index in [4.69, 9.17) is 0 Å². The second-order valence-corrected chi connectivity index (χ2v) is 3.17. The fourth-order valence-electron chi connectivity index (χ4n) is 1.35. The van der Waals surface area contributed by atoms with Gasteiger partial charge in [0.2, 0.25) is 0 Å². The maximum absolute atomic E-state index is 4.09. The number of pyridine rings is 1. The number of hydrogen-bond donors (Lipinski definition) is 0. The number of fused-ring (bicyclic) bond motifs is 1. The molecule has 0 unspecified atom stereocenters. The summed E-state index contributed by atoms with van der Waals surface area (Å²) < 4.78 is 2.17. The molecule has 0 aliphatic carbocycles. The fourth-order valence-corrected chi connectivity index (χ4v) is 1.35. The third kappa shape index (κ3) is 2.00. The Balaban J connectivity index is 0.000000845. The van der Waals surface area contributed by atoms with E-state index in [1.807, 2.05) is 18.5 Å². The van der Waals surface area contributed by atoms with Gasteiger partial charge in [-0.25, -0.2) is 0 Å². The summed E-state index contributed by atoms with van der Waals surface area (Å²) in [6, 6.07) is 5.65. The van der Waals surface area contributed by atoms with Crippen LogP contribution in [0.2, 0.25) is 0 Å². The molecule has 2 aromatic heterocycles. The van der Waals surface area contributed by atoms with Crippen molar-refractivity contribution in [1.82, 2.24) is 9.55 Å². The zero-order valence-corrected chi connectivity index (χ0v) is 10.7. The van der Waals surface area contributed by atoms with E-state index in [9.17, 15) is 0 Å². The van der Waals surface area contributed by atoms with Crippen LogP contribution in [0.25, 0.3) is 10.9 Å². The summed E-state index contributed by atoms with van der Waals surface area (Å²) in [7, 11) is 0. The second kappa shape index (κ2) is 4.34. The maximum atomic E-state index is 4.09. The third-order valence-electron chi connectivity index (χ3n) is 1.99. The molecule has 2 nitrogen and oxygen atoms in total. The van der Waals surface area contributed by atoms with Gasteiger partial charge < -0.3 is 4.57 Å². The van der Waals surface area contributed by atoms with Gasteiger partial charge in [-0.2, -0.15) is 11.5 Å². The average Bonchev–Trinajstić information content (AvgIpc) is 2.47. The van der Waals surface area contributed by atoms with E-state index in [-0.39, 0.29) is 32.7 Å². The molecule has 0 aromatic carbocycles. The van der Waals surface area contributed by atoms with Gasteiger partial charge in [0.15, 0.2) is 0 Å². The van der Waals surface area contributed by atoms with Crippen molar-refractivity contribution in [2.24, 2.45) is 0 Å². The molecule has 2 heterocycles. The Hall–Kier alpha value is -0.206. The molecule has 1 radical (unpaired) electrons. The van der Waals surface area contributed by atoms with Gasteiger partial charge >= 0.3 is 0 Å². The SMILES string of the molecule is CC(C)n1c[c-]c2ccncc21.[Y]. The van der Waals surface area contributed by atoms with Gasteiger partial charge in [0, 0.05) is 38.8 Å². The van der Waals surface area contributed by atoms with Gasteiger partial charge in [-0.05, 0) is 31.8 Å². The van der Waals surface area contributed by atoms with Gasteiger partial charge in [-0.3, -0.25) is 4.98 Å². The van der Waals surface area contributed by atoms with E-state index >= 15 is 0 Å². The first-order valence-corrected chi connectivity index (χ1v) is 4.11. The van der Waals surface area contributed by atoms with E-state index in [0.29, 0.717) is 6.04 Å². The Morgan fingerprint density at radius 1 is 1.46 bits per heavy atom. The topological polar surface area (TPSA) is 17.8 Å². The van der Waals surface area contributed by atoms with Crippen LogP contribution in [0.3, 0.4) is 0 Å². The fraction of sp³-hybridized carbons (Fsp3) is 0.300. The van der Waals surface area contributed by atoms with Crippen molar-refractivity contribution in [1.29, 1.82) is 0 Å². The average molecular weight is 248 g/mol.